The molecule has 0 amide bonds. The molecule has 0 spiro atoms. The molecule has 2 heterocycles. The summed E-state index contributed by atoms with van der Waals surface area (Å²) in [4.78, 5) is 0. The molecule has 1 aromatic rings. The van der Waals surface area contributed by atoms with E-state index in [1.54, 1.807) is 14.2 Å². The van der Waals surface area contributed by atoms with Crippen LogP contribution in [0.2, 0.25) is 0 Å². The number of hydrogen-bond acceptors (Lipinski definition) is 6. The van der Waals surface area contributed by atoms with Gasteiger partial charge in [-0.15, -0.1) is 0 Å². The predicted molar refractivity (Wildman–Crippen MR) is 154 cm³/mol. The summed E-state index contributed by atoms with van der Waals surface area (Å²) in [6.07, 6.45) is 21.0. The first-order chi connectivity index (χ1) is 18.7. The quantitative estimate of drug-likeness (QED) is 0.261. The van der Waals surface area contributed by atoms with Crippen molar-refractivity contribution < 1.29 is 14.2 Å². The van der Waals surface area contributed by atoms with Gasteiger partial charge in [-0.25, -0.2) is 0 Å². The van der Waals surface area contributed by atoms with Crippen molar-refractivity contribution in [2.45, 2.75) is 89.3 Å². The first-order valence-corrected chi connectivity index (χ1v) is 15.3. The van der Waals surface area contributed by atoms with Crippen LogP contribution in [0.1, 0.15) is 82.6 Å². The fourth-order valence-corrected chi connectivity index (χ4v) is 7.07. The van der Waals surface area contributed by atoms with Crippen molar-refractivity contribution in [3.63, 3.8) is 0 Å². The van der Waals surface area contributed by atoms with Gasteiger partial charge in [-0.1, -0.05) is 37.8 Å². The van der Waals surface area contributed by atoms with Gasteiger partial charge in [0.05, 0.1) is 32.1 Å². The molecule has 4 atom stereocenters. The second-order valence-electron chi connectivity index (χ2n) is 11.8. The van der Waals surface area contributed by atoms with Crippen molar-refractivity contribution in [2.75, 3.05) is 40.4 Å². The highest BCUT2D eigenvalue weighted by Crippen LogP contribution is 2.37. The molecule has 0 radical (unpaired) electrons. The molecule has 1 saturated heterocycles. The monoisotopic (exact) mass is 523 g/mol. The Balaban J connectivity index is 1.05. The number of fused-ring (bicyclic) bond motifs is 1. The van der Waals surface area contributed by atoms with Crippen LogP contribution in [0.5, 0.6) is 11.5 Å². The van der Waals surface area contributed by atoms with Crippen LogP contribution in [0.25, 0.3) is 0 Å². The molecule has 2 fully saturated rings. The second kappa shape index (κ2) is 13.8. The maximum atomic E-state index is 6.42. The standard InChI is InChI=1S/C32H49N3O3/c1-36-30-17-15-25(21-31(30)37-2)32-28-14-8-7-13-26(28)23-35(34-32)20-10-4-9-19-33-22-27-16-18-29(38-27)24-11-5-3-6-12-24/h7-8,15,17,21,24,26-29,33H,3-6,9-14,16,18-20,22-23H2,1-2H3. The number of ether oxygens (including phenoxy) is 3. The Labute approximate surface area is 230 Å². The van der Waals surface area contributed by atoms with Gasteiger partial charge < -0.3 is 19.5 Å². The molecular formula is C32H49N3O3. The Bertz CT molecular complexity index is 942. The van der Waals surface area contributed by atoms with Crippen LogP contribution >= 0.6 is 0 Å². The topological polar surface area (TPSA) is 55.3 Å². The Morgan fingerprint density at radius 2 is 1.76 bits per heavy atom. The van der Waals surface area contributed by atoms with E-state index in [1.807, 2.05) is 6.07 Å². The van der Waals surface area contributed by atoms with Crippen molar-refractivity contribution in [1.29, 1.82) is 0 Å². The maximum Gasteiger partial charge on any atom is 0.161 e. The van der Waals surface area contributed by atoms with Gasteiger partial charge in [-0.05, 0) is 87.9 Å². The molecule has 1 N–H and O–H groups in total. The van der Waals surface area contributed by atoms with Crippen LogP contribution < -0.4 is 14.8 Å². The fraction of sp³-hybridized carbons (Fsp3) is 0.719. The van der Waals surface area contributed by atoms with Gasteiger partial charge in [-0.2, -0.15) is 5.10 Å². The van der Waals surface area contributed by atoms with Gasteiger partial charge in [0.2, 0.25) is 0 Å². The van der Waals surface area contributed by atoms with Gasteiger partial charge in [0, 0.05) is 31.1 Å². The van der Waals surface area contributed by atoms with Crippen molar-refractivity contribution in [1.82, 2.24) is 10.3 Å². The highest BCUT2D eigenvalue weighted by atomic mass is 16.5. The zero-order valence-corrected chi connectivity index (χ0v) is 23.7. The van der Waals surface area contributed by atoms with Crippen LogP contribution in [0.3, 0.4) is 0 Å². The molecule has 1 saturated carbocycles. The lowest BCUT2D eigenvalue weighted by Crippen LogP contribution is -2.41. The average molecular weight is 524 g/mol. The number of unbranched alkanes of at least 4 members (excludes halogenated alkanes) is 2. The van der Waals surface area contributed by atoms with Gasteiger partial charge in [0.15, 0.2) is 11.5 Å². The summed E-state index contributed by atoms with van der Waals surface area (Å²) in [5.41, 5.74) is 2.36. The number of nitrogens with one attached hydrogen (secondary N) is 1. The van der Waals surface area contributed by atoms with Crippen LogP contribution in [-0.2, 0) is 4.74 Å². The number of nitrogens with zero attached hydrogens (tertiary/aromatic N) is 2. The van der Waals surface area contributed by atoms with E-state index >= 15 is 0 Å². The van der Waals surface area contributed by atoms with Crippen molar-refractivity contribution in [3.05, 3.63) is 35.9 Å². The molecular weight excluding hydrogens is 474 g/mol. The van der Waals surface area contributed by atoms with Gasteiger partial charge >= 0.3 is 0 Å². The number of allylic oxidation sites excluding steroid dienone is 2. The normalized spacial score (nSPS) is 27.7. The fourth-order valence-electron chi connectivity index (χ4n) is 7.07. The maximum absolute atomic E-state index is 6.42. The summed E-state index contributed by atoms with van der Waals surface area (Å²) >= 11 is 0. The van der Waals surface area contributed by atoms with E-state index in [0.29, 0.717) is 24.0 Å². The smallest absolute Gasteiger partial charge is 0.161 e. The van der Waals surface area contributed by atoms with E-state index in [0.717, 1.165) is 62.0 Å². The summed E-state index contributed by atoms with van der Waals surface area (Å²) in [7, 11) is 3.39. The Morgan fingerprint density at radius 3 is 2.61 bits per heavy atom. The van der Waals surface area contributed by atoms with Crippen molar-refractivity contribution >= 4 is 5.71 Å². The molecule has 6 nitrogen and oxygen atoms in total. The lowest BCUT2D eigenvalue weighted by Gasteiger charge is -2.38. The molecule has 2 aliphatic heterocycles. The van der Waals surface area contributed by atoms with Gasteiger partial charge in [0.25, 0.3) is 0 Å². The Hall–Kier alpha value is -2.05. The molecule has 1 aromatic carbocycles. The Morgan fingerprint density at radius 1 is 0.921 bits per heavy atom. The van der Waals surface area contributed by atoms with E-state index in [9.17, 15) is 0 Å². The largest absolute Gasteiger partial charge is 0.493 e. The zero-order valence-electron chi connectivity index (χ0n) is 23.7. The van der Waals surface area contributed by atoms with Crippen molar-refractivity contribution in [2.24, 2.45) is 22.9 Å². The number of rotatable bonds is 12. The zero-order chi connectivity index (χ0) is 26.2. The summed E-state index contributed by atoms with van der Waals surface area (Å²) in [5, 5.41) is 11.2. The minimum atomic E-state index is 0.428. The van der Waals surface area contributed by atoms with Crippen LogP contribution in [0, 0.1) is 17.8 Å². The number of hydrogen-bond donors (Lipinski definition) is 1. The van der Waals surface area contributed by atoms with E-state index in [2.05, 4.69) is 34.6 Å². The molecule has 6 heteroatoms. The first kappa shape index (κ1) is 27.5. The molecule has 210 valence electrons. The van der Waals surface area contributed by atoms with E-state index in [-0.39, 0.29) is 0 Å². The third-order valence-corrected chi connectivity index (χ3v) is 9.25. The number of methoxy groups -OCH3 is 2. The van der Waals surface area contributed by atoms with Crippen LogP contribution in [0.15, 0.2) is 35.5 Å². The average Bonchev–Trinajstić information content (AvgIpc) is 3.45. The third-order valence-electron chi connectivity index (χ3n) is 9.25. The molecule has 4 unspecified atom stereocenters. The molecule has 5 rings (SSSR count). The van der Waals surface area contributed by atoms with Crippen LogP contribution in [0.4, 0.5) is 0 Å². The highest BCUT2D eigenvalue weighted by molar-refractivity contribution is 6.03. The van der Waals surface area contributed by atoms with Crippen LogP contribution in [-0.4, -0.2) is 63.3 Å². The minimum Gasteiger partial charge on any atom is -0.493 e. The van der Waals surface area contributed by atoms with E-state index in [1.165, 1.54) is 69.9 Å². The Kier molecular flexibility index (Phi) is 10.0. The summed E-state index contributed by atoms with van der Waals surface area (Å²) < 4.78 is 17.5. The third kappa shape index (κ3) is 6.93. The predicted octanol–water partition coefficient (Wildman–Crippen LogP) is 6.19. The van der Waals surface area contributed by atoms with E-state index in [4.69, 9.17) is 19.3 Å². The first-order valence-electron chi connectivity index (χ1n) is 15.3. The summed E-state index contributed by atoms with van der Waals surface area (Å²) in [5.74, 6) is 3.48. The van der Waals surface area contributed by atoms with Crippen molar-refractivity contribution in [3.8, 4) is 11.5 Å². The highest BCUT2D eigenvalue weighted by Gasteiger charge is 2.34. The minimum absolute atomic E-state index is 0.428. The molecule has 38 heavy (non-hydrogen) atoms. The lowest BCUT2D eigenvalue weighted by atomic mass is 9.77. The SMILES string of the molecule is COc1ccc(C2=NN(CCCCCNCC3CCC(C4CCCCC4)O3)CC3CC=CCC23)cc1OC. The van der Waals surface area contributed by atoms with Gasteiger partial charge in [0.1, 0.15) is 0 Å². The number of hydrazone groups is 1. The molecule has 0 bridgehead atoms. The molecule has 0 aromatic heterocycles. The summed E-state index contributed by atoms with van der Waals surface area (Å²) in [6, 6.07) is 6.23. The van der Waals surface area contributed by atoms with E-state index < -0.39 is 0 Å². The molecule has 2 aliphatic carbocycles. The summed E-state index contributed by atoms with van der Waals surface area (Å²) in [6.45, 7) is 4.19. The number of benzene rings is 1. The second-order valence-corrected chi connectivity index (χ2v) is 11.8. The molecule has 4 aliphatic rings. The lowest BCUT2D eigenvalue weighted by molar-refractivity contribution is 0.00126. The van der Waals surface area contributed by atoms with Gasteiger partial charge in [-0.3, -0.25) is 5.01 Å².